The van der Waals surface area contributed by atoms with Crippen molar-refractivity contribution in [1.82, 2.24) is 14.9 Å². The Labute approximate surface area is 133 Å². The predicted molar refractivity (Wildman–Crippen MR) is 86.8 cm³/mol. The number of benzene rings is 1. The number of carbonyl (C=O) groups excluding carboxylic acids is 2. The maximum atomic E-state index is 11.6. The highest BCUT2D eigenvalue weighted by Gasteiger charge is 2.13. The Morgan fingerprint density at radius 2 is 2.00 bits per heavy atom. The predicted octanol–water partition coefficient (Wildman–Crippen LogP) is 1.49. The molecule has 2 heterocycles. The van der Waals surface area contributed by atoms with Crippen LogP contribution in [0.15, 0.2) is 30.5 Å². The molecule has 1 aromatic heterocycles. The molecule has 3 rings (SSSR count). The highest BCUT2D eigenvalue weighted by atomic mass is 16.2. The Kier molecular flexibility index (Phi) is 4.27. The summed E-state index contributed by atoms with van der Waals surface area (Å²) in [5.74, 6) is 0.815. The van der Waals surface area contributed by atoms with Crippen molar-refractivity contribution < 1.29 is 9.59 Å². The van der Waals surface area contributed by atoms with Gasteiger partial charge in [0, 0.05) is 30.4 Å². The van der Waals surface area contributed by atoms with E-state index in [1.165, 1.54) is 12.8 Å². The van der Waals surface area contributed by atoms with Gasteiger partial charge in [-0.15, -0.1) is 0 Å². The molecule has 23 heavy (non-hydrogen) atoms. The lowest BCUT2D eigenvalue weighted by atomic mass is 10.1. The number of rotatable bonds is 4. The average molecular weight is 313 g/mol. The van der Waals surface area contributed by atoms with E-state index in [4.69, 9.17) is 5.73 Å². The maximum absolute atomic E-state index is 11.6. The van der Waals surface area contributed by atoms with Gasteiger partial charge in [-0.2, -0.15) is 0 Å². The summed E-state index contributed by atoms with van der Waals surface area (Å²) in [7, 11) is 0. The zero-order valence-electron chi connectivity index (χ0n) is 12.7. The second kappa shape index (κ2) is 6.51. The van der Waals surface area contributed by atoms with Gasteiger partial charge in [0.2, 0.25) is 5.91 Å². The Hall–Kier alpha value is -2.83. The molecule has 0 saturated carbocycles. The number of fused-ring (bicyclic) bond motifs is 1. The molecule has 0 radical (unpaired) electrons. The van der Waals surface area contributed by atoms with Gasteiger partial charge in [0.25, 0.3) is 0 Å². The van der Waals surface area contributed by atoms with Crippen LogP contribution in [0.4, 0.5) is 10.5 Å². The second-order valence-corrected chi connectivity index (χ2v) is 5.54. The fraction of sp³-hybridized carbons (Fsp3) is 0.312. The monoisotopic (exact) mass is 313 g/mol. The molecule has 0 spiro atoms. The molecule has 0 bridgehead atoms. The van der Waals surface area contributed by atoms with E-state index in [2.05, 4.69) is 26.4 Å². The molecule has 0 atom stereocenters. The lowest BCUT2D eigenvalue weighted by Crippen LogP contribution is -2.36. The number of amides is 3. The lowest BCUT2D eigenvalue weighted by Gasteiger charge is -2.11. The smallest absolute Gasteiger partial charge is 0.312 e. The zero-order chi connectivity index (χ0) is 16.2. The van der Waals surface area contributed by atoms with Crippen LogP contribution in [0.5, 0.6) is 0 Å². The third-order valence-corrected chi connectivity index (χ3v) is 3.80. The highest BCUT2D eigenvalue weighted by molar-refractivity contribution is 5.94. The zero-order valence-corrected chi connectivity index (χ0v) is 12.7. The summed E-state index contributed by atoms with van der Waals surface area (Å²) < 4.78 is 2.21. The summed E-state index contributed by atoms with van der Waals surface area (Å²) in [5, 5.41) is 4.93. The van der Waals surface area contributed by atoms with E-state index < -0.39 is 6.03 Å². The van der Waals surface area contributed by atoms with Gasteiger partial charge in [0.05, 0.1) is 12.2 Å². The molecule has 0 aliphatic carbocycles. The van der Waals surface area contributed by atoms with Crippen LogP contribution in [-0.4, -0.2) is 28.0 Å². The molecule has 1 aromatic carbocycles. The number of urea groups is 1. The average Bonchev–Trinajstić information content (AvgIpc) is 2.97. The van der Waals surface area contributed by atoms with Gasteiger partial charge in [-0.1, -0.05) is 12.1 Å². The summed E-state index contributed by atoms with van der Waals surface area (Å²) in [4.78, 5) is 26.8. The van der Waals surface area contributed by atoms with Crippen molar-refractivity contribution in [2.45, 2.75) is 25.8 Å². The number of nitrogens with zero attached hydrogens (tertiary/aromatic N) is 2. The molecule has 7 heteroatoms. The first-order chi connectivity index (χ1) is 11.1. The molecule has 0 unspecified atom stereocenters. The van der Waals surface area contributed by atoms with E-state index in [1.807, 2.05) is 24.3 Å². The normalized spacial score (nSPS) is 13.2. The summed E-state index contributed by atoms with van der Waals surface area (Å²) in [6, 6.07) is 6.75. The first-order valence-electron chi connectivity index (χ1n) is 7.61. The van der Waals surface area contributed by atoms with Crippen LogP contribution < -0.4 is 16.4 Å². The number of imidazole rings is 1. The van der Waals surface area contributed by atoms with Crippen molar-refractivity contribution in [2.24, 2.45) is 5.73 Å². The fourth-order valence-electron chi connectivity index (χ4n) is 2.65. The Bertz CT molecular complexity index is 697. The first kappa shape index (κ1) is 15.1. The standard InChI is InChI=1S/C16H19N5O2/c17-16(23)18-9-15(22)19-12-6-4-11(5-7-12)13-10-21-8-2-1-3-14(21)20-13/h4-7,10H,1-3,8-9H2,(H,19,22)(H3,17,18,23). The molecule has 120 valence electrons. The second-order valence-electron chi connectivity index (χ2n) is 5.54. The van der Waals surface area contributed by atoms with Crippen molar-refractivity contribution in [3.63, 3.8) is 0 Å². The number of nitrogens with one attached hydrogen (secondary N) is 2. The molecule has 1 aliphatic rings. The molecule has 0 fully saturated rings. The van der Waals surface area contributed by atoms with Gasteiger partial charge in [-0.05, 0) is 25.0 Å². The van der Waals surface area contributed by atoms with E-state index in [0.717, 1.165) is 30.0 Å². The molecular formula is C16H19N5O2. The molecular weight excluding hydrogens is 294 g/mol. The SMILES string of the molecule is NC(=O)NCC(=O)Nc1ccc(-c2cn3c(n2)CCCC3)cc1. The Morgan fingerprint density at radius 1 is 1.22 bits per heavy atom. The van der Waals surface area contributed by atoms with E-state index >= 15 is 0 Å². The van der Waals surface area contributed by atoms with Gasteiger partial charge < -0.3 is 20.9 Å². The number of hydrogen-bond acceptors (Lipinski definition) is 3. The van der Waals surface area contributed by atoms with Gasteiger partial charge in [0.15, 0.2) is 0 Å². The topological polar surface area (TPSA) is 102 Å². The van der Waals surface area contributed by atoms with E-state index in [-0.39, 0.29) is 12.5 Å². The van der Waals surface area contributed by atoms with Gasteiger partial charge in [-0.25, -0.2) is 9.78 Å². The summed E-state index contributed by atoms with van der Waals surface area (Å²) in [6.07, 6.45) is 5.51. The van der Waals surface area contributed by atoms with Crippen LogP contribution in [0.3, 0.4) is 0 Å². The minimum atomic E-state index is -0.723. The fourth-order valence-corrected chi connectivity index (χ4v) is 2.65. The van der Waals surface area contributed by atoms with Gasteiger partial charge >= 0.3 is 6.03 Å². The van der Waals surface area contributed by atoms with E-state index in [1.54, 1.807) is 0 Å². The van der Waals surface area contributed by atoms with Crippen molar-refractivity contribution >= 4 is 17.6 Å². The Morgan fingerprint density at radius 3 is 2.70 bits per heavy atom. The van der Waals surface area contributed by atoms with E-state index in [9.17, 15) is 9.59 Å². The minimum Gasteiger partial charge on any atom is -0.352 e. The Balaban J connectivity index is 1.66. The molecule has 4 N–H and O–H groups in total. The number of hydrogen-bond donors (Lipinski definition) is 3. The molecule has 3 amide bonds. The summed E-state index contributed by atoms with van der Waals surface area (Å²) in [5.41, 5.74) is 7.55. The van der Waals surface area contributed by atoms with Crippen LogP contribution in [0.25, 0.3) is 11.3 Å². The van der Waals surface area contributed by atoms with Crippen LogP contribution in [0.1, 0.15) is 18.7 Å². The van der Waals surface area contributed by atoms with Crippen molar-refractivity contribution in [3.05, 3.63) is 36.3 Å². The molecule has 1 aliphatic heterocycles. The maximum Gasteiger partial charge on any atom is 0.312 e. The highest BCUT2D eigenvalue weighted by Crippen LogP contribution is 2.23. The number of nitrogens with two attached hydrogens (primary N) is 1. The van der Waals surface area contributed by atoms with Crippen LogP contribution in [0.2, 0.25) is 0 Å². The quantitative estimate of drug-likeness (QED) is 0.797. The third-order valence-electron chi connectivity index (χ3n) is 3.80. The molecule has 2 aromatic rings. The van der Waals surface area contributed by atoms with Crippen molar-refractivity contribution in [2.75, 3.05) is 11.9 Å². The number of aromatic nitrogens is 2. The molecule has 0 saturated heterocycles. The number of primary amides is 1. The molecule has 7 nitrogen and oxygen atoms in total. The minimum absolute atomic E-state index is 0.148. The van der Waals surface area contributed by atoms with Gasteiger partial charge in [0.1, 0.15) is 5.82 Å². The summed E-state index contributed by atoms with van der Waals surface area (Å²) >= 11 is 0. The van der Waals surface area contributed by atoms with Crippen LogP contribution in [-0.2, 0) is 17.8 Å². The largest absolute Gasteiger partial charge is 0.352 e. The van der Waals surface area contributed by atoms with Crippen LogP contribution in [0, 0.1) is 0 Å². The number of anilines is 1. The number of carbonyl (C=O) groups is 2. The van der Waals surface area contributed by atoms with Gasteiger partial charge in [-0.3, -0.25) is 4.79 Å². The van der Waals surface area contributed by atoms with Crippen molar-refractivity contribution in [3.8, 4) is 11.3 Å². The summed E-state index contributed by atoms with van der Waals surface area (Å²) in [6.45, 7) is 0.883. The lowest BCUT2D eigenvalue weighted by molar-refractivity contribution is -0.115. The first-order valence-corrected chi connectivity index (χ1v) is 7.61. The van der Waals surface area contributed by atoms with Crippen molar-refractivity contribution in [1.29, 1.82) is 0 Å². The van der Waals surface area contributed by atoms with Crippen LogP contribution >= 0.6 is 0 Å². The van der Waals surface area contributed by atoms with E-state index in [0.29, 0.717) is 5.69 Å². The third kappa shape index (κ3) is 3.68. The number of aryl methyl sites for hydroxylation is 2.